The first kappa shape index (κ1) is 14.3. The Hall–Kier alpha value is -1.10. The number of carbonyl (C=O) groups is 2. The summed E-state index contributed by atoms with van der Waals surface area (Å²) in [5.41, 5.74) is -0.655. The lowest BCUT2D eigenvalue weighted by Crippen LogP contribution is -2.49. The maximum absolute atomic E-state index is 12.4. The average molecular weight is 268 g/mol. The van der Waals surface area contributed by atoms with Gasteiger partial charge in [-0.3, -0.25) is 9.59 Å². The van der Waals surface area contributed by atoms with Gasteiger partial charge in [-0.2, -0.15) is 0 Å². The van der Waals surface area contributed by atoms with Crippen LogP contribution in [0.1, 0.15) is 39.5 Å². The largest absolute Gasteiger partial charge is 0.481 e. The zero-order chi connectivity index (χ0) is 14.0. The topological polar surface area (TPSA) is 69.6 Å². The number of nitrogens with zero attached hydrogens (tertiary/aromatic N) is 1. The van der Waals surface area contributed by atoms with E-state index in [-0.39, 0.29) is 11.8 Å². The van der Waals surface area contributed by atoms with E-state index in [1.807, 2.05) is 4.90 Å². The number of piperidine rings is 2. The molecule has 1 amide bonds. The molecule has 2 saturated heterocycles. The summed E-state index contributed by atoms with van der Waals surface area (Å²) in [4.78, 5) is 25.5. The van der Waals surface area contributed by atoms with Gasteiger partial charge in [0.1, 0.15) is 0 Å². The third-order valence-electron chi connectivity index (χ3n) is 4.67. The minimum atomic E-state index is -0.741. The molecule has 5 nitrogen and oxygen atoms in total. The number of likely N-dealkylation sites (tertiary alicyclic amines) is 1. The monoisotopic (exact) mass is 268 g/mol. The number of carboxylic acids is 1. The lowest BCUT2D eigenvalue weighted by atomic mass is 9.80. The summed E-state index contributed by atoms with van der Waals surface area (Å²) < 4.78 is 0. The fourth-order valence-electron chi connectivity index (χ4n) is 3.05. The number of hydrogen-bond donors (Lipinski definition) is 2. The fraction of sp³-hybridized carbons (Fsp3) is 0.857. The van der Waals surface area contributed by atoms with E-state index in [0.29, 0.717) is 32.0 Å². The van der Waals surface area contributed by atoms with Crippen molar-refractivity contribution in [3.8, 4) is 0 Å². The molecule has 0 aromatic rings. The van der Waals surface area contributed by atoms with Crippen LogP contribution in [0.4, 0.5) is 0 Å². The first-order valence-electron chi connectivity index (χ1n) is 7.18. The molecule has 2 heterocycles. The minimum Gasteiger partial charge on any atom is -0.481 e. The van der Waals surface area contributed by atoms with Crippen LogP contribution in [0, 0.1) is 11.3 Å². The molecule has 0 aromatic heterocycles. The molecule has 2 aliphatic rings. The van der Waals surface area contributed by atoms with E-state index in [0.717, 1.165) is 19.4 Å². The van der Waals surface area contributed by atoms with Gasteiger partial charge >= 0.3 is 5.97 Å². The number of aliphatic carboxylic acids is 1. The zero-order valence-electron chi connectivity index (χ0n) is 11.8. The molecule has 0 bridgehead atoms. The molecule has 108 valence electrons. The summed E-state index contributed by atoms with van der Waals surface area (Å²) in [6.45, 7) is 5.96. The van der Waals surface area contributed by atoms with Crippen molar-refractivity contribution in [2.75, 3.05) is 19.6 Å². The predicted octanol–water partition coefficient (Wildman–Crippen LogP) is 1.09. The van der Waals surface area contributed by atoms with Crippen LogP contribution < -0.4 is 5.32 Å². The summed E-state index contributed by atoms with van der Waals surface area (Å²) in [6.07, 6.45) is 2.92. The van der Waals surface area contributed by atoms with Gasteiger partial charge in [0.25, 0.3) is 0 Å². The molecule has 2 atom stereocenters. The summed E-state index contributed by atoms with van der Waals surface area (Å²) >= 11 is 0. The van der Waals surface area contributed by atoms with Gasteiger partial charge in [0.15, 0.2) is 0 Å². The molecule has 0 aromatic carbocycles. The highest BCUT2D eigenvalue weighted by Crippen LogP contribution is 2.32. The molecule has 5 heteroatoms. The van der Waals surface area contributed by atoms with Crippen LogP contribution in [-0.2, 0) is 9.59 Å². The second-order valence-corrected chi connectivity index (χ2v) is 6.27. The third kappa shape index (κ3) is 3.08. The van der Waals surface area contributed by atoms with Crippen LogP contribution in [0.3, 0.4) is 0 Å². The average Bonchev–Trinajstić information content (AvgIpc) is 2.38. The van der Waals surface area contributed by atoms with Gasteiger partial charge < -0.3 is 15.3 Å². The number of carboxylic acid groups (broad SMARTS) is 1. The first-order valence-corrected chi connectivity index (χ1v) is 7.18. The first-order chi connectivity index (χ1) is 8.92. The quantitative estimate of drug-likeness (QED) is 0.786. The Kier molecular flexibility index (Phi) is 4.13. The summed E-state index contributed by atoms with van der Waals surface area (Å²) in [6, 6.07) is 0.400. The van der Waals surface area contributed by atoms with Crippen LogP contribution in [0.2, 0.25) is 0 Å². The molecule has 0 saturated carbocycles. The number of carbonyl (C=O) groups excluding carboxylic acids is 1. The summed E-state index contributed by atoms with van der Waals surface area (Å²) in [5.74, 6) is -0.402. The highest BCUT2D eigenvalue weighted by molar-refractivity contribution is 5.80. The summed E-state index contributed by atoms with van der Waals surface area (Å²) in [7, 11) is 0. The van der Waals surface area contributed by atoms with Crippen molar-refractivity contribution < 1.29 is 14.7 Å². The number of hydrogen-bond acceptors (Lipinski definition) is 3. The van der Waals surface area contributed by atoms with Crippen molar-refractivity contribution in [3.05, 3.63) is 0 Å². The Labute approximate surface area is 114 Å². The van der Waals surface area contributed by atoms with Crippen molar-refractivity contribution in [1.82, 2.24) is 10.2 Å². The Morgan fingerprint density at radius 1 is 1.32 bits per heavy atom. The maximum atomic E-state index is 12.4. The molecule has 0 aliphatic carbocycles. The van der Waals surface area contributed by atoms with E-state index < -0.39 is 11.4 Å². The highest BCUT2D eigenvalue weighted by atomic mass is 16.4. The molecule has 0 spiro atoms. The molecule has 2 fully saturated rings. The molecule has 19 heavy (non-hydrogen) atoms. The lowest BCUT2D eigenvalue weighted by molar-refractivity contribution is -0.154. The molecule has 2 unspecified atom stereocenters. The maximum Gasteiger partial charge on any atom is 0.309 e. The molecular formula is C14H24N2O3. The van der Waals surface area contributed by atoms with Gasteiger partial charge in [0, 0.05) is 25.0 Å². The van der Waals surface area contributed by atoms with Crippen molar-refractivity contribution in [2.24, 2.45) is 11.3 Å². The Bertz CT molecular complexity index is 362. The fourth-order valence-corrected chi connectivity index (χ4v) is 3.05. The molecular weight excluding hydrogens is 244 g/mol. The lowest BCUT2D eigenvalue weighted by Gasteiger charge is -2.39. The van der Waals surface area contributed by atoms with E-state index in [1.54, 1.807) is 6.92 Å². The smallest absolute Gasteiger partial charge is 0.309 e. The van der Waals surface area contributed by atoms with E-state index in [4.69, 9.17) is 0 Å². The highest BCUT2D eigenvalue weighted by Gasteiger charge is 2.39. The number of rotatable bonds is 2. The van der Waals surface area contributed by atoms with E-state index >= 15 is 0 Å². The molecule has 0 radical (unpaired) electrons. The SMILES string of the molecule is CC1CC(C(=O)N2CCC(C)(C(=O)O)CC2)CCN1. The van der Waals surface area contributed by atoms with Crippen molar-refractivity contribution >= 4 is 11.9 Å². The number of nitrogens with one attached hydrogen (secondary N) is 1. The Balaban J connectivity index is 1.90. The molecule has 2 N–H and O–H groups in total. The van der Waals surface area contributed by atoms with Crippen molar-refractivity contribution in [2.45, 2.75) is 45.6 Å². The molecule has 2 aliphatic heterocycles. The van der Waals surface area contributed by atoms with E-state index in [1.165, 1.54) is 0 Å². The summed E-state index contributed by atoms with van der Waals surface area (Å²) in [5, 5.41) is 12.5. The molecule has 2 rings (SSSR count). The van der Waals surface area contributed by atoms with E-state index in [9.17, 15) is 14.7 Å². The third-order valence-corrected chi connectivity index (χ3v) is 4.67. The van der Waals surface area contributed by atoms with Gasteiger partial charge in [-0.05, 0) is 46.1 Å². The van der Waals surface area contributed by atoms with Gasteiger partial charge in [-0.15, -0.1) is 0 Å². The van der Waals surface area contributed by atoms with E-state index in [2.05, 4.69) is 12.2 Å². The van der Waals surface area contributed by atoms with Gasteiger partial charge in [0.2, 0.25) is 5.91 Å². The van der Waals surface area contributed by atoms with Gasteiger partial charge in [-0.25, -0.2) is 0 Å². The zero-order valence-corrected chi connectivity index (χ0v) is 11.8. The Morgan fingerprint density at radius 3 is 2.47 bits per heavy atom. The van der Waals surface area contributed by atoms with Crippen LogP contribution >= 0.6 is 0 Å². The van der Waals surface area contributed by atoms with Crippen molar-refractivity contribution in [3.63, 3.8) is 0 Å². The van der Waals surface area contributed by atoms with Crippen LogP contribution in [-0.4, -0.2) is 47.6 Å². The second-order valence-electron chi connectivity index (χ2n) is 6.27. The van der Waals surface area contributed by atoms with Gasteiger partial charge in [0.05, 0.1) is 5.41 Å². The standard InChI is InChI=1S/C14H24N2O3/c1-10-9-11(3-6-15-10)12(17)16-7-4-14(2,5-8-16)13(18)19/h10-11,15H,3-9H2,1-2H3,(H,18,19). The van der Waals surface area contributed by atoms with Crippen molar-refractivity contribution in [1.29, 1.82) is 0 Å². The Morgan fingerprint density at radius 2 is 1.95 bits per heavy atom. The van der Waals surface area contributed by atoms with Crippen LogP contribution in [0.5, 0.6) is 0 Å². The minimum absolute atomic E-state index is 0.116. The normalized spacial score (nSPS) is 30.9. The van der Waals surface area contributed by atoms with Crippen LogP contribution in [0.25, 0.3) is 0 Å². The predicted molar refractivity (Wildman–Crippen MR) is 71.7 cm³/mol. The van der Waals surface area contributed by atoms with Gasteiger partial charge in [-0.1, -0.05) is 0 Å². The van der Waals surface area contributed by atoms with Crippen LogP contribution in [0.15, 0.2) is 0 Å². The second kappa shape index (κ2) is 5.49. The number of amides is 1.